The van der Waals surface area contributed by atoms with Crippen molar-refractivity contribution < 1.29 is 14.3 Å². The minimum absolute atomic E-state index is 0.152. The van der Waals surface area contributed by atoms with Gasteiger partial charge in [0.1, 0.15) is 17.3 Å². The zero-order valence-corrected chi connectivity index (χ0v) is 18.2. The third kappa shape index (κ3) is 4.88. The summed E-state index contributed by atoms with van der Waals surface area (Å²) in [6, 6.07) is 18.7. The molecule has 0 aliphatic heterocycles. The number of hydrogen-bond donors (Lipinski definition) is 1. The van der Waals surface area contributed by atoms with E-state index in [1.165, 1.54) is 0 Å². The van der Waals surface area contributed by atoms with E-state index in [0.717, 1.165) is 41.3 Å². The van der Waals surface area contributed by atoms with Gasteiger partial charge in [-0.1, -0.05) is 12.1 Å². The van der Waals surface area contributed by atoms with Crippen molar-refractivity contribution in [3.63, 3.8) is 0 Å². The number of para-hydroxylation sites is 2. The molecule has 0 fully saturated rings. The number of ether oxygens (including phenoxy) is 2. The van der Waals surface area contributed by atoms with Crippen molar-refractivity contribution >= 4 is 16.9 Å². The van der Waals surface area contributed by atoms with Crippen LogP contribution in [0.3, 0.4) is 0 Å². The van der Waals surface area contributed by atoms with E-state index >= 15 is 0 Å². The SMILES string of the molecule is COc1ccc(OCCCn2c(C(C)NC(=O)c3ccncc3)nc3ccccc32)cc1. The monoisotopic (exact) mass is 430 g/mol. The predicted molar refractivity (Wildman–Crippen MR) is 123 cm³/mol. The quantitative estimate of drug-likeness (QED) is 0.398. The molecule has 0 radical (unpaired) electrons. The minimum Gasteiger partial charge on any atom is -0.497 e. The largest absolute Gasteiger partial charge is 0.497 e. The first-order valence-electron chi connectivity index (χ1n) is 10.6. The maximum Gasteiger partial charge on any atom is 0.251 e. The fraction of sp³-hybridized carbons (Fsp3) is 0.240. The number of aryl methyl sites for hydroxylation is 1. The number of pyridine rings is 1. The first kappa shape index (κ1) is 21.4. The van der Waals surface area contributed by atoms with Crippen LogP contribution >= 0.6 is 0 Å². The van der Waals surface area contributed by atoms with Crippen molar-refractivity contribution in [3.05, 3.63) is 84.4 Å². The van der Waals surface area contributed by atoms with Gasteiger partial charge in [-0.25, -0.2) is 4.98 Å². The molecule has 2 aromatic heterocycles. The average molecular weight is 431 g/mol. The predicted octanol–water partition coefficient (Wildman–Crippen LogP) is 4.40. The molecular formula is C25H26N4O3. The summed E-state index contributed by atoms with van der Waals surface area (Å²) in [4.78, 5) is 21.4. The highest BCUT2D eigenvalue weighted by molar-refractivity contribution is 5.94. The molecule has 1 amide bonds. The smallest absolute Gasteiger partial charge is 0.251 e. The normalized spacial score (nSPS) is 11.8. The van der Waals surface area contributed by atoms with Crippen molar-refractivity contribution in [2.45, 2.75) is 25.9 Å². The number of carbonyl (C=O) groups excluding carboxylic acids is 1. The van der Waals surface area contributed by atoms with Crippen LogP contribution in [0.2, 0.25) is 0 Å². The summed E-state index contributed by atoms with van der Waals surface area (Å²) in [7, 11) is 1.64. The topological polar surface area (TPSA) is 78.3 Å². The van der Waals surface area contributed by atoms with Gasteiger partial charge in [-0.3, -0.25) is 9.78 Å². The van der Waals surface area contributed by atoms with Crippen LogP contribution in [0, 0.1) is 0 Å². The molecular weight excluding hydrogens is 404 g/mol. The summed E-state index contributed by atoms with van der Waals surface area (Å²) in [6.45, 7) is 3.24. The van der Waals surface area contributed by atoms with Gasteiger partial charge in [0.15, 0.2) is 0 Å². The van der Waals surface area contributed by atoms with Gasteiger partial charge in [-0.05, 0) is 61.9 Å². The van der Waals surface area contributed by atoms with Crippen LogP contribution in [0.5, 0.6) is 11.5 Å². The molecule has 1 N–H and O–H groups in total. The summed E-state index contributed by atoms with van der Waals surface area (Å²) in [5, 5.41) is 3.05. The number of nitrogens with one attached hydrogen (secondary N) is 1. The number of nitrogens with zero attached hydrogens (tertiary/aromatic N) is 3. The standard InChI is InChI=1S/C25H26N4O3/c1-18(27-25(30)19-12-14-26-15-13-19)24-28-22-6-3-4-7-23(22)29(24)16-5-17-32-21-10-8-20(31-2)9-11-21/h3-4,6-15,18H,5,16-17H2,1-2H3,(H,27,30). The molecule has 0 saturated heterocycles. The molecule has 0 bridgehead atoms. The van der Waals surface area contributed by atoms with Gasteiger partial charge in [-0.2, -0.15) is 0 Å². The van der Waals surface area contributed by atoms with E-state index in [1.54, 1.807) is 31.6 Å². The van der Waals surface area contributed by atoms with Gasteiger partial charge in [-0.15, -0.1) is 0 Å². The maximum absolute atomic E-state index is 12.6. The fourth-order valence-electron chi connectivity index (χ4n) is 3.59. The Bertz CT molecular complexity index is 1170. The Morgan fingerprint density at radius 3 is 2.50 bits per heavy atom. The Labute approximate surface area is 187 Å². The second kappa shape index (κ2) is 9.96. The van der Waals surface area contributed by atoms with E-state index in [1.807, 2.05) is 55.5 Å². The second-order valence-electron chi connectivity index (χ2n) is 7.42. The summed E-state index contributed by atoms with van der Waals surface area (Å²) >= 11 is 0. The molecule has 7 heteroatoms. The van der Waals surface area contributed by atoms with E-state index in [9.17, 15) is 4.79 Å². The summed E-state index contributed by atoms with van der Waals surface area (Å²) in [5.41, 5.74) is 2.52. The van der Waals surface area contributed by atoms with E-state index < -0.39 is 0 Å². The number of aromatic nitrogens is 3. The molecule has 4 rings (SSSR count). The number of amides is 1. The summed E-state index contributed by atoms with van der Waals surface area (Å²) in [6.07, 6.45) is 4.01. The highest BCUT2D eigenvalue weighted by atomic mass is 16.5. The summed E-state index contributed by atoms with van der Waals surface area (Å²) < 4.78 is 13.2. The number of carbonyl (C=O) groups is 1. The average Bonchev–Trinajstić information content (AvgIpc) is 3.21. The molecule has 0 saturated carbocycles. The first-order chi connectivity index (χ1) is 15.7. The molecule has 0 spiro atoms. The molecule has 1 atom stereocenters. The summed E-state index contributed by atoms with van der Waals surface area (Å²) in [5.74, 6) is 2.27. The maximum atomic E-state index is 12.6. The molecule has 0 aliphatic rings. The van der Waals surface area contributed by atoms with Gasteiger partial charge < -0.3 is 19.4 Å². The molecule has 164 valence electrons. The van der Waals surface area contributed by atoms with E-state index in [4.69, 9.17) is 14.5 Å². The van der Waals surface area contributed by atoms with Gasteiger partial charge in [0.05, 0.1) is 30.8 Å². The van der Waals surface area contributed by atoms with Crippen molar-refractivity contribution in [1.82, 2.24) is 19.9 Å². The van der Waals surface area contributed by atoms with Crippen LogP contribution in [0.15, 0.2) is 73.1 Å². The van der Waals surface area contributed by atoms with Crippen LogP contribution in [0.1, 0.15) is 35.6 Å². The highest BCUT2D eigenvalue weighted by Gasteiger charge is 2.19. The Kier molecular flexibility index (Phi) is 6.65. The molecule has 32 heavy (non-hydrogen) atoms. The van der Waals surface area contributed by atoms with Crippen molar-refractivity contribution in [2.75, 3.05) is 13.7 Å². The third-order valence-corrected chi connectivity index (χ3v) is 5.22. The van der Waals surface area contributed by atoms with Gasteiger partial charge >= 0.3 is 0 Å². The lowest BCUT2D eigenvalue weighted by Crippen LogP contribution is -2.28. The zero-order chi connectivity index (χ0) is 22.3. The number of imidazole rings is 1. The minimum atomic E-state index is -0.259. The molecule has 0 aliphatic carbocycles. The number of fused-ring (bicyclic) bond motifs is 1. The Hall–Kier alpha value is -3.87. The van der Waals surface area contributed by atoms with Crippen LogP contribution in [0.25, 0.3) is 11.0 Å². The Morgan fingerprint density at radius 1 is 1.03 bits per heavy atom. The van der Waals surface area contributed by atoms with Gasteiger partial charge in [0.2, 0.25) is 0 Å². The zero-order valence-electron chi connectivity index (χ0n) is 18.2. The molecule has 2 aromatic carbocycles. The molecule has 7 nitrogen and oxygen atoms in total. The third-order valence-electron chi connectivity index (χ3n) is 5.22. The fourth-order valence-corrected chi connectivity index (χ4v) is 3.59. The number of hydrogen-bond acceptors (Lipinski definition) is 5. The molecule has 1 unspecified atom stereocenters. The van der Waals surface area contributed by atoms with Crippen molar-refractivity contribution in [1.29, 1.82) is 0 Å². The van der Waals surface area contributed by atoms with Crippen LogP contribution < -0.4 is 14.8 Å². The van der Waals surface area contributed by atoms with Crippen LogP contribution in [-0.2, 0) is 6.54 Å². The number of methoxy groups -OCH3 is 1. The number of benzene rings is 2. The first-order valence-corrected chi connectivity index (χ1v) is 10.6. The lowest BCUT2D eigenvalue weighted by molar-refractivity contribution is 0.0937. The van der Waals surface area contributed by atoms with E-state index in [-0.39, 0.29) is 11.9 Å². The van der Waals surface area contributed by atoms with Crippen LogP contribution in [0.4, 0.5) is 0 Å². The van der Waals surface area contributed by atoms with Gasteiger partial charge in [0, 0.05) is 24.5 Å². The van der Waals surface area contributed by atoms with E-state index in [2.05, 4.69) is 14.9 Å². The highest BCUT2D eigenvalue weighted by Crippen LogP contribution is 2.22. The Morgan fingerprint density at radius 2 is 1.75 bits per heavy atom. The molecule has 2 heterocycles. The lowest BCUT2D eigenvalue weighted by atomic mass is 10.2. The number of rotatable bonds is 9. The molecule has 4 aromatic rings. The van der Waals surface area contributed by atoms with Crippen molar-refractivity contribution in [3.8, 4) is 11.5 Å². The van der Waals surface area contributed by atoms with Gasteiger partial charge in [0.25, 0.3) is 5.91 Å². The van der Waals surface area contributed by atoms with Crippen LogP contribution in [-0.4, -0.2) is 34.2 Å². The Balaban J connectivity index is 1.45. The lowest BCUT2D eigenvalue weighted by Gasteiger charge is -2.16. The van der Waals surface area contributed by atoms with Crippen molar-refractivity contribution in [2.24, 2.45) is 0 Å². The van der Waals surface area contributed by atoms with E-state index in [0.29, 0.717) is 12.2 Å². The second-order valence-corrected chi connectivity index (χ2v) is 7.42.